The highest BCUT2D eigenvalue weighted by Crippen LogP contribution is 2.18. The zero-order valence-electron chi connectivity index (χ0n) is 13.8. The predicted molar refractivity (Wildman–Crippen MR) is 90.8 cm³/mol. The fraction of sp³-hybridized carbons (Fsp3) is 0.556. The van der Waals surface area contributed by atoms with Crippen molar-refractivity contribution in [2.24, 2.45) is 0 Å². The Morgan fingerprint density at radius 3 is 2.62 bits per heavy atom. The maximum Gasteiger partial charge on any atom is 0.258 e. The maximum absolute atomic E-state index is 11.9. The highest BCUT2D eigenvalue weighted by molar-refractivity contribution is 5.82. The average Bonchev–Trinajstić information content (AvgIpc) is 3.23. The lowest BCUT2D eigenvalue weighted by atomic mass is 10.1. The van der Waals surface area contributed by atoms with Gasteiger partial charge in [0.25, 0.3) is 5.91 Å². The minimum atomic E-state index is -0.0650. The van der Waals surface area contributed by atoms with E-state index >= 15 is 0 Å². The first kappa shape index (κ1) is 16.8. The fourth-order valence-corrected chi connectivity index (χ4v) is 2.76. The topological polar surface area (TPSA) is 79.5 Å². The molecule has 3 N–H and O–H groups in total. The van der Waals surface area contributed by atoms with Crippen LogP contribution in [-0.4, -0.2) is 43.6 Å². The van der Waals surface area contributed by atoms with Crippen LogP contribution in [0.1, 0.15) is 31.2 Å². The number of carbonyl (C=O) groups is 2. The van der Waals surface area contributed by atoms with Crippen LogP contribution >= 0.6 is 0 Å². The Morgan fingerprint density at radius 1 is 1.17 bits per heavy atom. The molecule has 1 aliphatic heterocycles. The normalized spacial score (nSPS) is 19.8. The number of rotatable bonds is 8. The van der Waals surface area contributed by atoms with Gasteiger partial charge in [0.15, 0.2) is 6.61 Å². The Labute approximate surface area is 142 Å². The summed E-state index contributed by atoms with van der Waals surface area (Å²) in [5.41, 5.74) is 1.13. The first-order valence-electron chi connectivity index (χ1n) is 8.73. The van der Waals surface area contributed by atoms with E-state index < -0.39 is 0 Å². The van der Waals surface area contributed by atoms with Gasteiger partial charge in [-0.1, -0.05) is 12.1 Å². The molecule has 6 nitrogen and oxygen atoms in total. The van der Waals surface area contributed by atoms with E-state index in [0.29, 0.717) is 18.3 Å². The molecule has 0 spiro atoms. The molecular weight excluding hydrogens is 306 g/mol. The van der Waals surface area contributed by atoms with Gasteiger partial charge in [-0.2, -0.15) is 0 Å². The number of nitrogens with one attached hydrogen (secondary N) is 3. The van der Waals surface area contributed by atoms with Gasteiger partial charge in [-0.3, -0.25) is 9.59 Å². The molecule has 2 fully saturated rings. The van der Waals surface area contributed by atoms with Crippen molar-refractivity contribution in [3.63, 3.8) is 0 Å². The lowest BCUT2D eigenvalue weighted by Crippen LogP contribution is -2.41. The summed E-state index contributed by atoms with van der Waals surface area (Å²) in [6, 6.07) is 7.99. The second-order valence-corrected chi connectivity index (χ2v) is 6.46. The van der Waals surface area contributed by atoms with E-state index in [1.165, 1.54) is 0 Å². The molecule has 1 saturated carbocycles. The number of hydrogen-bond acceptors (Lipinski definition) is 4. The largest absolute Gasteiger partial charge is 0.484 e. The number of ether oxygens (including phenoxy) is 1. The Kier molecular flexibility index (Phi) is 5.69. The summed E-state index contributed by atoms with van der Waals surface area (Å²) in [5.74, 6) is 0.711. The summed E-state index contributed by atoms with van der Waals surface area (Å²) < 4.78 is 5.47. The molecule has 1 saturated heterocycles. The summed E-state index contributed by atoms with van der Waals surface area (Å²) in [6.45, 7) is 1.61. The molecule has 0 aromatic heterocycles. The molecule has 2 amide bonds. The van der Waals surface area contributed by atoms with Crippen molar-refractivity contribution in [3.8, 4) is 5.75 Å². The number of carbonyl (C=O) groups excluding carboxylic acids is 2. The zero-order valence-corrected chi connectivity index (χ0v) is 13.8. The standard InChI is InChI=1S/C18H25N3O3/c22-17(21-14-5-6-14)12-24-15-7-3-13(4-8-15)9-11-20-18(23)16-2-1-10-19-16/h3-4,7-8,14,16,19H,1-2,5-6,9-12H2,(H,20,23)(H,21,22). The van der Waals surface area contributed by atoms with Crippen LogP contribution in [0.25, 0.3) is 0 Å². The van der Waals surface area contributed by atoms with E-state index in [2.05, 4.69) is 16.0 Å². The van der Waals surface area contributed by atoms with E-state index in [1.807, 2.05) is 24.3 Å². The first-order valence-corrected chi connectivity index (χ1v) is 8.73. The molecule has 3 rings (SSSR count). The van der Waals surface area contributed by atoms with Gasteiger partial charge in [-0.15, -0.1) is 0 Å². The van der Waals surface area contributed by atoms with Crippen molar-refractivity contribution in [2.75, 3.05) is 19.7 Å². The third-order valence-electron chi connectivity index (χ3n) is 4.33. The van der Waals surface area contributed by atoms with Gasteiger partial charge >= 0.3 is 0 Å². The summed E-state index contributed by atoms with van der Waals surface area (Å²) >= 11 is 0. The van der Waals surface area contributed by atoms with Crippen molar-refractivity contribution in [1.29, 1.82) is 0 Å². The molecule has 130 valence electrons. The van der Waals surface area contributed by atoms with Crippen LogP contribution in [0.15, 0.2) is 24.3 Å². The van der Waals surface area contributed by atoms with Crippen LogP contribution in [0, 0.1) is 0 Å². The van der Waals surface area contributed by atoms with E-state index in [9.17, 15) is 9.59 Å². The molecule has 1 heterocycles. The number of benzene rings is 1. The van der Waals surface area contributed by atoms with Crippen molar-refractivity contribution in [3.05, 3.63) is 29.8 Å². The number of hydrogen-bond donors (Lipinski definition) is 3. The van der Waals surface area contributed by atoms with Gasteiger partial charge in [0, 0.05) is 12.6 Å². The Bertz CT molecular complexity index is 563. The van der Waals surface area contributed by atoms with Crippen molar-refractivity contribution in [2.45, 2.75) is 44.2 Å². The fourth-order valence-electron chi connectivity index (χ4n) is 2.76. The molecule has 1 aromatic rings. The van der Waals surface area contributed by atoms with Crippen LogP contribution in [0.4, 0.5) is 0 Å². The molecule has 1 aliphatic carbocycles. The quantitative estimate of drug-likeness (QED) is 0.657. The third-order valence-corrected chi connectivity index (χ3v) is 4.33. The Balaban J connectivity index is 1.34. The smallest absolute Gasteiger partial charge is 0.258 e. The molecule has 0 radical (unpaired) electrons. The average molecular weight is 331 g/mol. The molecule has 1 unspecified atom stereocenters. The maximum atomic E-state index is 11.9. The first-order chi connectivity index (χ1) is 11.7. The molecule has 6 heteroatoms. The van der Waals surface area contributed by atoms with E-state index in [0.717, 1.165) is 44.2 Å². The van der Waals surface area contributed by atoms with Crippen molar-refractivity contribution in [1.82, 2.24) is 16.0 Å². The van der Waals surface area contributed by atoms with Crippen molar-refractivity contribution >= 4 is 11.8 Å². The predicted octanol–water partition coefficient (Wildman–Crippen LogP) is 0.755. The second kappa shape index (κ2) is 8.15. The molecule has 1 atom stereocenters. The van der Waals surface area contributed by atoms with Crippen LogP contribution < -0.4 is 20.7 Å². The van der Waals surface area contributed by atoms with E-state index in [4.69, 9.17) is 4.74 Å². The van der Waals surface area contributed by atoms with Crippen LogP contribution in [0.2, 0.25) is 0 Å². The summed E-state index contributed by atoms with van der Waals surface area (Å²) in [7, 11) is 0. The van der Waals surface area contributed by atoms with Gasteiger partial charge in [0.2, 0.25) is 5.91 Å². The highest BCUT2D eigenvalue weighted by atomic mass is 16.5. The van der Waals surface area contributed by atoms with Crippen LogP contribution in [-0.2, 0) is 16.0 Å². The minimum absolute atomic E-state index is 0.0254. The monoisotopic (exact) mass is 331 g/mol. The highest BCUT2D eigenvalue weighted by Gasteiger charge is 2.23. The number of amides is 2. The lowest BCUT2D eigenvalue weighted by Gasteiger charge is -2.11. The van der Waals surface area contributed by atoms with Gasteiger partial charge in [-0.25, -0.2) is 0 Å². The summed E-state index contributed by atoms with van der Waals surface area (Å²) in [4.78, 5) is 23.5. The Morgan fingerprint density at radius 2 is 1.96 bits per heavy atom. The Hall–Kier alpha value is -2.08. The summed E-state index contributed by atoms with van der Waals surface area (Å²) in [5, 5.41) is 9.04. The zero-order chi connectivity index (χ0) is 16.8. The molecule has 24 heavy (non-hydrogen) atoms. The van der Waals surface area contributed by atoms with Crippen LogP contribution in [0.3, 0.4) is 0 Å². The molecule has 0 bridgehead atoms. The van der Waals surface area contributed by atoms with E-state index in [1.54, 1.807) is 0 Å². The molecule has 2 aliphatic rings. The van der Waals surface area contributed by atoms with Crippen molar-refractivity contribution < 1.29 is 14.3 Å². The SMILES string of the molecule is O=C(COc1ccc(CCNC(=O)C2CCCN2)cc1)NC1CC1. The van der Waals surface area contributed by atoms with Gasteiger partial charge in [0.05, 0.1) is 6.04 Å². The van der Waals surface area contributed by atoms with Crippen LogP contribution in [0.5, 0.6) is 5.75 Å². The van der Waals surface area contributed by atoms with Gasteiger partial charge in [-0.05, 0) is 56.3 Å². The lowest BCUT2D eigenvalue weighted by molar-refractivity contribution is -0.123. The van der Waals surface area contributed by atoms with Gasteiger partial charge in [0.1, 0.15) is 5.75 Å². The third kappa shape index (κ3) is 5.23. The molecule has 1 aromatic carbocycles. The molecular formula is C18H25N3O3. The van der Waals surface area contributed by atoms with E-state index in [-0.39, 0.29) is 24.5 Å². The second-order valence-electron chi connectivity index (χ2n) is 6.46. The van der Waals surface area contributed by atoms with Gasteiger partial charge < -0.3 is 20.7 Å². The summed E-state index contributed by atoms with van der Waals surface area (Å²) in [6.07, 6.45) is 4.92. The minimum Gasteiger partial charge on any atom is -0.484 e.